The summed E-state index contributed by atoms with van der Waals surface area (Å²) < 4.78 is 0. The van der Waals surface area contributed by atoms with Crippen molar-refractivity contribution in [3.63, 3.8) is 0 Å². The monoisotopic (exact) mass is 281 g/mol. The van der Waals surface area contributed by atoms with E-state index in [2.05, 4.69) is 33.5 Å². The lowest BCUT2D eigenvalue weighted by molar-refractivity contribution is 0.0931. The molecule has 1 aliphatic carbocycles. The normalized spacial score (nSPS) is 17.1. The first-order valence-corrected chi connectivity index (χ1v) is 7.34. The van der Waals surface area contributed by atoms with Gasteiger partial charge in [0.25, 0.3) is 5.91 Å². The molecule has 4 heteroatoms. The number of hydrogen-bond donors (Lipinski definition) is 1. The minimum atomic E-state index is -0.0887. The number of carbonyl (C=O) groups excluding carboxylic acids is 1. The Bertz CT molecular complexity index is 681. The molecule has 0 aliphatic heterocycles. The van der Waals surface area contributed by atoms with E-state index in [1.807, 2.05) is 19.9 Å². The van der Waals surface area contributed by atoms with Crippen LogP contribution < -0.4 is 5.32 Å². The highest BCUT2D eigenvalue weighted by Gasteiger charge is 2.22. The Morgan fingerprint density at radius 1 is 1.29 bits per heavy atom. The molecular weight excluding hydrogens is 262 g/mol. The molecule has 1 aliphatic rings. The SMILES string of the molecule is Cc1ncc(C(=O)N[C@@H]2CCCc3ccccc32)c(C)n1. The number of rotatable bonds is 2. The van der Waals surface area contributed by atoms with E-state index >= 15 is 0 Å². The van der Waals surface area contributed by atoms with Gasteiger partial charge in [-0.05, 0) is 44.2 Å². The first-order valence-electron chi connectivity index (χ1n) is 7.34. The van der Waals surface area contributed by atoms with Crippen molar-refractivity contribution in [3.8, 4) is 0 Å². The maximum absolute atomic E-state index is 12.5. The number of hydrogen-bond acceptors (Lipinski definition) is 3. The van der Waals surface area contributed by atoms with E-state index in [0.29, 0.717) is 11.4 Å². The van der Waals surface area contributed by atoms with Crippen LogP contribution in [-0.4, -0.2) is 15.9 Å². The molecule has 0 fully saturated rings. The van der Waals surface area contributed by atoms with Gasteiger partial charge in [-0.3, -0.25) is 4.79 Å². The zero-order valence-corrected chi connectivity index (χ0v) is 12.4. The Morgan fingerprint density at radius 3 is 2.90 bits per heavy atom. The van der Waals surface area contributed by atoms with E-state index in [1.54, 1.807) is 6.20 Å². The molecule has 108 valence electrons. The van der Waals surface area contributed by atoms with Crippen LogP contribution in [0.3, 0.4) is 0 Å². The van der Waals surface area contributed by atoms with Crippen molar-refractivity contribution in [2.45, 2.75) is 39.2 Å². The topological polar surface area (TPSA) is 54.9 Å². The van der Waals surface area contributed by atoms with Crippen LogP contribution in [0.4, 0.5) is 0 Å². The molecule has 0 unspecified atom stereocenters. The molecule has 0 spiro atoms. The van der Waals surface area contributed by atoms with Gasteiger partial charge < -0.3 is 5.32 Å². The molecule has 0 saturated heterocycles. The second-order valence-corrected chi connectivity index (χ2v) is 5.53. The molecule has 1 aromatic carbocycles. The smallest absolute Gasteiger partial charge is 0.255 e. The van der Waals surface area contributed by atoms with Crippen LogP contribution >= 0.6 is 0 Å². The average Bonchev–Trinajstić information content (AvgIpc) is 2.47. The Kier molecular flexibility index (Phi) is 3.69. The van der Waals surface area contributed by atoms with Crippen molar-refractivity contribution in [1.29, 1.82) is 0 Å². The van der Waals surface area contributed by atoms with Crippen molar-refractivity contribution in [3.05, 3.63) is 58.7 Å². The lowest BCUT2D eigenvalue weighted by atomic mass is 9.87. The van der Waals surface area contributed by atoms with Gasteiger partial charge in [-0.25, -0.2) is 9.97 Å². The average molecular weight is 281 g/mol. The molecule has 1 aromatic heterocycles. The Morgan fingerprint density at radius 2 is 2.10 bits per heavy atom. The lowest BCUT2D eigenvalue weighted by Gasteiger charge is -2.26. The molecule has 1 heterocycles. The van der Waals surface area contributed by atoms with Crippen LogP contribution in [0, 0.1) is 13.8 Å². The number of benzene rings is 1. The van der Waals surface area contributed by atoms with Gasteiger partial charge in [-0.15, -0.1) is 0 Å². The third-order valence-corrected chi connectivity index (χ3v) is 4.02. The highest BCUT2D eigenvalue weighted by molar-refractivity contribution is 5.95. The van der Waals surface area contributed by atoms with Crippen molar-refractivity contribution in [1.82, 2.24) is 15.3 Å². The second kappa shape index (κ2) is 5.64. The maximum atomic E-state index is 12.5. The number of nitrogens with one attached hydrogen (secondary N) is 1. The van der Waals surface area contributed by atoms with Crippen LogP contribution in [0.5, 0.6) is 0 Å². The van der Waals surface area contributed by atoms with Crippen molar-refractivity contribution < 1.29 is 4.79 Å². The van der Waals surface area contributed by atoms with Gasteiger partial charge in [0.05, 0.1) is 17.3 Å². The number of carbonyl (C=O) groups is 1. The fraction of sp³-hybridized carbons (Fsp3) is 0.353. The predicted octanol–water partition coefficient (Wildman–Crippen LogP) is 2.90. The molecule has 2 aromatic rings. The summed E-state index contributed by atoms with van der Waals surface area (Å²) in [6.07, 6.45) is 4.79. The maximum Gasteiger partial charge on any atom is 0.255 e. The summed E-state index contributed by atoms with van der Waals surface area (Å²) in [5.74, 6) is 0.598. The Hall–Kier alpha value is -2.23. The van der Waals surface area contributed by atoms with Gasteiger partial charge in [0, 0.05) is 6.20 Å². The molecule has 0 bridgehead atoms. The molecule has 0 radical (unpaired) electrons. The minimum absolute atomic E-state index is 0.0863. The van der Waals surface area contributed by atoms with Crippen LogP contribution in [0.1, 0.15) is 51.9 Å². The van der Waals surface area contributed by atoms with E-state index in [9.17, 15) is 4.79 Å². The van der Waals surface area contributed by atoms with Crippen molar-refractivity contribution >= 4 is 5.91 Å². The Labute approximate surface area is 124 Å². The van der Waals surface area contributed by atoms with Crippen LogP contribution in [0.15, 0.2) is 30.5 Å². The standard InChI is InChI=1S/C17H19N3O/c1-11-15(10-18-12(2)19-11)17(21)20-16-9-5-7-13-6-3-4-8-14(13)16/h3-4,6,8,10,16H,5,7,9H2,1-2H3,(H,20,21)/t16-/m1/s1. The van der Waals surface area contributed by atoms with Gasteiger partial charge in [0.2, 0.25) is 0 Å². The Balaban J connectivity index is 1.83. The van der Waals surface area contributed by atoms with Crippen LogP contribution in [0.25, 0.3) is 0 Å². The zero-order chi connectivity index (χ0) is 14.8. The number of aryl methyl sites for hydroxylation is 3. The van der Waals surface area contributed by atoms with E-state index in [1.165, 1.54) is 11.1 Å². The lowest BCUT2D eigenvalue weighted by Crippen LogP contribution is -2.31. The first-order chi connectivity index (χ1) is 10.1. The number of aromatic nitrogens is 2. The quantitative estimate of drug-likeness (QED) is 0.921. The minimum Gasteiger partial charge on any atom is -0.345 e. The summed E-state index contributed by atoms with van der Waals surface area (Å²) in [5, 5.41) is 3.13. The number of nitrogens with zero attached hydrogens (tertiary/aromatic N) is 2. The number of fused-ring (bicyclic) bond motifs is 1. The van der Waals surface area contributed by atoms with Crippen molar-refractivity contribution in [2.75, 3.05) is 0 Å². The highest BCUT2D eigenvalue weighted by Crippen LogP contribution is 2.29. The molecule has 1 N–H and O–H groups in total. The summed E-state index contributed by atoms with van der Waals surface area (Å²) in [6, 6.07) is 8.43. The zero-order valence-electron chi connectivity index (χ0n) is 12.4. The summed E-state index contributed by atoms with van der Waals surface area (Å²) >= 11 is 0. The summed E-state index contributed by atoms with van der Waals surface area (Å²) in [4.78, 5) is 20.9. The fourth-order valence-electron chi connectivity index (χ4n) is 2.95. The molecule has 0 saturated carbocycles. The van der Waals surface area contributed by atoms with Crippen molar-refractivity contribution in [2.24, 2.45) is 0 Å². The highest BCUT2D eigenvalue weighted by atomic mass is 16.1. The number of amides is 1. The predicted molar refractivity (Wildman–Crippen MR) is 81.1 cm³/mol. The summed E-state index contributed by atoms with van der Waals surface area (Å²) in [6.45, 7) is 3.67. The molecule has 1 amide bonds. The summed E-state index contributed by atoms with van der Waals surface area (Å²) in [7, 11) is 0. The van der Waals surface area contributed by atoms with Gasteiger partial charge in [0.1, 0.15) is 5.82 Å². The third-order valence-electron chi connectivity index (χ3n) is 4.02. The van der Waals surface area contributed by atoms with Gasteiger partial charge in [0.15, 0.2) is 0 Å². The van der Waals surface area contributed by atoms with Gasteiger partial charge in [-0.1, -0.05) is 24.3 Å². The molecular formula is C17H19N3O. The van der Waals surface area contributed by atoms with E-state index in [4.69, 9.17) is 0 Å². The molecule has 21 heavy (non-hydrogen) atoms. The van der Waals surface area contributed by atoms with E-state index < -0.39 is 0 Å². The second-order valence-electron chi connectivity index (χ2n) is 5.53. The van der Waals surface area contributed by atoms with E-state index in [0.717, 1.165) is 25.0 Å². The third kappa shape index (κ3) is 2.79. The largest absolute Gasteiger partial charge is 0.345 e. The molecule has 1 atom stereocenters. The van der Waals surface area contributed by atoms with Gasteiger partial charge >= 0.3 is 0 Å². The first kappa shape index (κ1) is 13.7. The fourth-order valence-corrected chi connectivity index (χ4v) is 2.95. The molecule has 4 nitrogen and oxygen atoms in total. The van der Waals surface area contributed by atoms with E-state index in [-0.39, 0.29) is 11.9 Å². The molecule has 3 rings (SSSR count). The van der Waals surface area contributed by atoms with Crippen LogP contribution in [-0.2, 0) is 6.42 Å². The summed E-state index contributed by atoms with van der Waals surface area (Å²) in [5.41, 5.74) is 3.86. The van der Waals surface area contributed by atoms with Crippen LogP contribution in [0.2, 0.25) is 0 Å². The van der Waals surface area contributed by atoms with Gasteiger partial charge in [-0.2, -0.15) is 0 Å².